The molecule has 0 spiro atoms. The number of Topliss-reactive ketones (excluding diaryl/α,β-unsaturated/α-hetero) is 1. The van der Waals surface area contributed by atoms with Crippen LogP contribution in [0.15, 0.2) is 24.5 Å². The number of esters is 1. The average molecular weight is 302 g/mol. The van der Waals surface area contributed by atoms with Crippen LogP contribution in [0, 0.1) is 13.8 Å². The molecule has 118 valence electrons. The molecule has 0 unspecified atom stereocenters. The fraction of sp³-hybridized carbons (Fsp3) is 0.412. The van der Waals surface area contributed by atoms with Gasteiger partial charge in [0.25, 0.3) is 0 Å². The summed E-state index contributed by atoms with van der Waals surface area (Å²) in [4.78, 5) is 24.6. The zero-order valence-electron chi connectivity index (χ0n) is 13.9. The van der Waals surface area contributed by atoms with Crippen molar-refractivity contribution in [2.24, 2.45) is 0 Å². The number of nitrogens with zero attached hydrogens (tertiary/aromatic N) is 2. The van der Waals surface area contributed by atoms with Gasteiger partial charge in [-0.25, -0.2) is 9.47 Å². The lowest BCUT2D eigenvalue weighted by atomic mass is 10.1. The van der Waals surface area contributed by atoms with E-state index in [4.69, 9.17) is 4.74 Å². The van der Waals surface area contributed by atoms with Gasteiger partial charge in [0.05, 0.1) is 0 Å². The molecule has 0 aliphatic rings. The Hall–Kier alpha value is -2.30. The molecule has 2 heterocycles. The van der Waals surface area contributed by atoms with Gasteiger partial charge in [-0.05, 0) is 59.2 Å². The number of hydrogen-bond acceptors (Lipinski definition) is 3. The second-order valence-electron chi connectivity index (χ2n) is 6.37. The van der Waals surface area contributed by atoms with Crippen molar-refractivity contribution < 1.29 is 14.3 Å². The lowest BCUT2D eigenvalue weighted by Gasteiger charge is -2.21. The summed E-state index contributed by atoms with van der Waals surface area (Å²) in [6, 6.07) is 3.72. The molecule has 0 fully saturated rings. The molecule has 2 aromatic heterocycles. The van der Waals surface area contributed by atoms with Crippen LogP contribution >= 0.6 is 0 Å². The van der Waals surface area contributed by atoms with E-state index >= 15 is 0 Å². The molecule has 0 aliphatic heterocycles. The topological polar surface area (TPSA) is 53.2 Å². The number of rotatable bonds is 3. The smallest absolute Gasteiger partial charge is 0.357 e. The maximum absolute atomic E-state index is 12.6. The van der Waals surface area contributed by atoms with Gasteiger partial charge in [-0.2, -0.15) is 0 Å². The van der Waals surface area contributed by atoms with E-state index in [1.807, 2.05) is 52.2 Å². The Bertz CT molecular complexity index is 716. The predicted molar refractivity (Wildman–Crippen MR) is 84.3 cm³/mol. The summed E-state index contributed by atoms with van der Waals surface area (Å²) in [6.45, 7) is 10.6. The van der Waals surface area contributed by atoms with Crippen molar-refractivity contribution in [3.8, 4) is 0 Å². The number of carbonyl (C=O) groups excluding carboxylic acids is 2. The highest BCUT2D eigenvalue weighted by atomic mass is 16.6. The minimum Gasteiger partial charge on any atom is -0.455 e. The SMILES string of the molecule is CC(=O)c1c(C)c(C(=O)OC(C)(C)C)n(-n2cccc2)c1C. The first-order chi connectivity index (χ1) is 10.1. The molecule has 5 nitrogen and oxygen atoms in total. The number of ketones is 1. The van der Waals surface area contributed by atoms with Crippen molar-refractivity contribution >= 4 is 11.8 Å². The van der Waals surface area contributed by atoms with Gasteiger partial charge in [0.2, 0.25) is 0 Å². The predicted octanol–water partition coefficient (Wildman–Crippen LogP) is 3.38. The van der Waals surface area contributed by atoms with Crippen LogP contribution in [-0.2, 0) is 4.74 Å². The molecule has 0 bridgehead atoms. The molecule has 0 radical (unpaired) electrons. The Balaban J connectivity index is 2.69. The maximum Gasteiger partial charge on any atom is 0.357 e. The standard InChI is InChI=1S/C17H22N2O3/c1-11-14(13(3)20)12(2)19(18-9-7-8-10-18)15(11)16(21)22-17(4,5)6/h7-10H,1-6H3. The van der Waals surface area contributed by atoms with E-state index in [-0.39, 0.29) is 5.78 Å². The molecule has 5 heteroatoms. The van der Waals surface area contributed by atoms with Crippen LogP contribution in [0.2, 0.25) is 0 Å². The molecule has 0 aromatic carbocycles. The number of hydrogen-bond donors (Lipinski definition) is 0. The largest absolute Gasteiger partial charge is 0.455 e. The minimum atomic E-state index is -0.598. The first kappa shape index (κ1) is 16.1. The van der Waals surface area contributed by atoms with Gasteiger partial charge in [0, 0.05) is 23.7 Å². The molecule has 0 atom stereocenters. The van der Waals surface area contributed by atoms with Crippen LogP contribution in [0.1, 0.15) is 59.8 Å². The average Bonchev–Trinajstić information content (AvgIpc) is 2.92. The summed E-state index contributed by atoms with van der Waals surface area (Å²) >= 11 is 0. The van der Waals surface area contributed by atoms with E-state index in [0.717, 1.165) is 5.69 Å². The van der Waals surface area contributed by atoms with Crippen molar-refractivity contribution in [1.29, 1.82) is 0 Å². The molecule has 0 aliphatic carbocycles. The molecule has 2 aromatic rings. The molecule has 0 amide bonds. The van der Waals surface area contributed by atoms with E-state index in [9.17, 15) is 9.59 Å². The highest BCUT2D eigenvalue weighted by Crippen LogP contribution is 2.25. The molecular formula is C17H22N2O3. The van der Waals surface area contributed by atoms with Crippen LogP contribution < -0.4 is 0 Å². The van der Waals surface area contributed by atoms with E-state index in [0.29, 0.717) is 16.8 Å². The van der Waals surface area contributed by atoms with Crippen LogP contribution in [0.3, 0.4) is 0 Å². The molecule has 0 saturated carbocycles. The zero-order chi connectivity index (χ0) is 16.7. The van der Waals surface area contributed by atoms with Gasteiger partial charge >= 0.3 is 5.97 Å². The lowest BCUT2D eigenvalue weighted by molar-refractivity contribution is 0.00552. The molecule has 0 N–H and O–H groups in total. The first-order valence-electron chi connectivity index (χ1n) is 7.23. The molecular weight excluding hydrogens is 280 g/mol. The number of ether oxygens (including phenoxy) is 1. The van der Waals surface area contributed by atoms with Crippen LogP contribution in [0.4, 0.5) is 0 Å². The highest BCUT2D eigenvalue weighted by Gasteiger charge is 2.29. The summed E-state index contributed by atoms with van der Waals surface area (Å²) in [6.07, 6.45) is 3.65. The molecule has 2 rings (SSSR count). The van der Waals surface area contributed by atoms with Gasteiger partial charge in [0.1, 0.15) is 5.60 Å². The highest BCUT2D eigenvalue weighted by molar-refractivity contribution is 6.01. The van der Waals surface area contributed by atoms with Crippen LogP contribution in [-0.4, -0.2) is 26.7 Å². The summed E-state index contributed by atoms with van der Waals surface area (Å²) in [5.41, 5.74) is 1.72. The van der Waals surface area contributed by atoms with E-state index < -0.39 is 11.6 Å². The third-order valence-electron chi connectivity index (χ3n) is 3.39. The zero-order valence-corrected chi connectivity index (χ0v) is 13.9. The van der Waals surface area contributed by atoms with Crippen molar-refractivity contribution in [3.63, 3.8) is 0 Å². The first-order valence-corrected chi connectivity index (χ1v) is 7.23. The van der Waals surface area contributed by atoms with Crippen molar-refractivity contribution in [3.05, 3.63) is 47.0 Å². The quantitative estimate of drug-likeness (QED) is 0.645. The van der Waals surface area contributed by atoms with Crippen molar-refractivity contribution in [2.45, 2.75) is 47.1 Å². The van der Waals surface area contributed by atoms with Gasteiger partial charge in [-0.3, -0.25) is 9.47 Å². The van der Waals surface area contributed by atoms with Gasteiger partial charge in [0.15, 0.2) is 11.5 Å². The van der Waals surface area contributed by atoms with Crippen molar-refractivity contribution in [1.82, 2.24) is 9.35 Å². The van der Waals surface area contributed by atoms with Gasteiger partial charge in [-0.1, -0.05) is 0 Å². The van der Waals surface area contributed by atoms with Gasteiger partial charge < -0.3 is 4.74 Å². The third-order valence-corrected chi connectivity index (χ3v) is 3.39. The van der Waals surface area contributed by atoms with Crippen LogP contribution in [0.5, 0.6) is 0 Å². The minimum absolute atomic E-state index is 0.0642. The Labute approximate surface area is 130 Å². The number of aromatic nitrogens is 2. The fourth-order valence-corrected chi connectivity index (χ4v) is 2.65. The second-order valence-corrected chi connectivity index (χ2v) is 6.37. The Morgan fingerprint density at radius 3 is 2.09 bits per heavy atom. The maximum atomic E-state index is 12.6. The third kappa shape index (κ3) is 2.84. The fourth-order valence-electron chi connectivity index (χ4n) is 2.65. The monoisotopic (exact) mass is 302 g/mol. The Kier molecular flexibility index (Phi) is 4.00. The van der Waals surface area contributed by atoms with E-state index in [1.165, 1.54) is 6.92 Å². The Morgan fingerprint density at radius 2 is 1.64 bits per heavy atom. The van der Waals surface area contributed by atoms with Crippen molar-refractivity contribution in [2.75, 3.05) is 0 Å². The summed E-state index contributed by atoms with van der Waals surface area (Å²) in [5, 5.41) is 0. The normalized spacial score (nSPS) is 11.5. The summed E-state index contributed by atoms with van der Waals surface area (Å²) in [5.74, 6) is -0.500. The summed E-state index contributed by atoms with van der Waals surface area (Å²) < 4.78 is 9.00. The number of carbonyl (C=O) groups is 2. The van der Waals surface area contributed by atoms with E-state index in [1.54, 1.807) is 16.3 Å². The molecule has 0 saturated heterocycles. The van der Waals surface area contributed by atoms with Gasteiger partial charge in [-0.15, -0.1) is 0 Å². The van der Waals surface area contributed by atoms with E-state index in [2.05, 4.69) is 0 Å². The summed E-state index contributed by atoms with van der Waals surface area (Å²) in [7, 11) is 0. The Morgan fingerprint density at radius 1 is 1.09 bits per heavy atom. The molecule has 22 heavy (non-hydrogen) atoms. The van der Waals surface area contributed by atoms with Crippen LogP contribution in [0.25, 0.3) is 0 Å². The second kappa shape index (κ2) is 5.48. The lowest BCUT2D eigenvalue weighted by Crippen LogP contribution is -2.27.